The second-order valence-electron chi connectivity index (χ2n) is 6.37. The standard InChI is InChI=1S/C21H18ClNO6/c22-16-5-1-13(2-6-16)15(9-20(25)26)11-23-19(24)12-28-17-7-3-14-4-8-21(27)29-18(14)10-17/h1-8,10,15H,9,11-12H2,(H,23,24)(H,25,26)/p-1/t15-/m1/s1. The molecule has 1 amide bonds. The van der Waals surface area contributed by atoms with Gasteiger partial charge in [-0.1, -0.05) is 23.7 Å². The van der Waals surface area contributed by atoms with E-state index in [1.807, 2.05) is 0 Å². The smallest absolute Gasteiger partial charge is 0.336 e. The molecule has 1 N–H and O–H groups in total. The van der Waals surface area contributed by atoms with Crippen molar-refractivity contribution in [1.29, 1.82) is 0 Å². The van der Waals surface area contributed by atoms with Crippen molar-refractivity contribution in [1.82, 2.24) is 5.32 Å². The minimum Gasteiger partial charge on any atom is -0.550 e. The van der Waals surface area contributed by atoms with E-state index < -0.39 is 23.4 Å². The summed E-state index contributed by atoms with van der Waals surface area (Å²) in [7, 11) is 0. The minimum atomic E-state index is -1.21. The maximum absolute atomic E-state index is 12.1. The molecule has 1 atom stereocenters. The largest absolute Gasteiger partial charge is 0.550 e. The summed E-state index contributed by atoms with van der Waals surface area (Å²) in [6.45, 7) is -0.175. The van der Waals surface area contributed by atoms with E-state index in [1.165, 1.54) is 12.1 Å². The van der Waals surface area contributed by atoms with E-state index in [-0.39, 0.29) is 19.6 Å². The summed E-state index contributed by atoms with van der Waals surface area (Å²) >= 11 is 5.86. The number of ether oxygens (including phenoxy) is 1. The van der Waals surface area contributed by atoms with E-state index in [0.717, 1.165) is 10.9 Å². The van der Waals surface area contributed by atoms with Gasteiger partial charge in [-0.3, -0.25) is 4.79 Å². The van der Waals surface area contributed by atoms with Gasteiger partial charge in [-0.05, 0) is 42.3 Å². The normalized spacial score (nSPS) is 11.8. The van der Waals surface area contributed by atoms with E-state index in [9.17, 15) is 19.5 Å². The number of aliphatic carboxylic acids is 1. The van der Waals surface area contributed by atoms with Gasteiger partial charge in [-0.25, -0.2) is 4.79 Å². The lowest BCUT2D eigenvalue weighted by molar-refractivity contribution is -0.306. The fourth-order valence-corrected chi connectivity index (χ4v) is 2.94. The fourth-order valence-electron chi connectivity index (χ4n) is 2.81. The Balaban J connectivity index is 1.58. The first kappa shape index (κ1) is 20.4. The van der Waals surface area contributed by atoms with Gasteiger partial charge < -0.3 is 24.4 Å². The number of carboxylic acid groups (broad SMARTS) is 1. The lowest BCUT2D eigenvalue weighted by Gasteiger charge is -2.19. The van der Waals surface area contributed by atoms with Gasteiger partial charge in [0.15, 0.2) is 6.61 Å². The summed E-state index contributed by atoms with van der Waals surface area (Å²) in [5.41, 5.74) is 0.602. The van der Waals surface area contributed by atoms with Crippen LogP contribution in [0.15, 0.2) is 63.8 Å². The molecule has 0 saturated carbocycles. The maximum atomic E-state index is 12.1. The van der Waals surface area contributed by atoms with Gasteiger partial charge in [0.05, 0.1) is 0 Å². The van der Waals surface area contributed by atoms with Crippen molar-refractivity contribution >= 4 is 34.4 Å². The average molecular weight is 415 g/mol. The Hall–Kier alpha value is -3.32. The van der Waals surface area contributed by atoms with Crippen molar-refractivity contribution in [2.75, 3.05) is 13.2 Å². The molecule has 7 nitrogen and oxygen atoms in total. The number of nitrogens with one attached hydrogen (secondary N) is 1. The Morgan fingerprint density at radius 1 is 1.10 bits per heavy atom. The predicted octanol–water partition coefficient (Wildman–Crippen LogP) is 1.87. The lowest BCUT2D eigenvalue weighted by atomic mass is 9.95. The molecule has 150 valence electrons. The molecule has 0 aliphatic heterocycles. The van der Waals surface area contributed by atoms with E-state index in [1.54, 1.807) is 42.5 Å². The Morgan fingerprint density at radius 3 is 2.55 bits per heavy atom. The van der Waals surface area contributed by atoms with Crippen molar-refractivity contribution in [3.8, 4) is 5.75 Å². The third-order valence-corrected chi connectivity index (χ3v) is 4.52. The average Bonchev–Trinajstić information content (AvgIpc) is 2.69. The van der Waals surface area contributed by atoms with Crippen LogP contribution in [-0.2, 0) is 9.59 Å². The highest BCUT2D eigenvalue weighted by molar-refractivity contribution is 6.30. The van der Waals surface area contributed by atoms with Gasteiger partial charge in [-0.2, -0.15) is 0 Å². The first-order valence-electron chi connectivity index (χ1n) is 8.79. The quantitative estimate of drug-likeness (QED) is 0.563. The number of halogens is 1. The molecule has 0 fully saturated rings. The van der Waals surface area contributed by atoms with Crippen LogP contribution >= 0.6 is 11.6 Å². The van der Waals surface area contributed by atoms with Crippen molar-refractivity contribution in [3.05, 3.63) is 75.6 Å². The molecule has 29 heavy (non-hydrogen) atoms. The van der Waals surface area contributed by atoms with E-state index in [0.29, 0.717) is 16.4 Å². The molecule has 0 radical (unpaired) electrons. The number of carbonyl (C=O) groups excluding carboxylic acids is 2. The highest BCUT2D eigenvalue weighted by Crippen LogP contribution is 2.21. The number of hydrogen-bond donors (Lipinski definition) is 1. The van der Waals surface area contributed by atoms with Crippen molar-refractivity contribution in [2.45, 2.75) is 12.3 Å². The van der Waals surface area contributed by atoms with E-state index >= 15 is 0 Å². The number of hydrogen-bond acceptors (Lipinski definition) is 6. The summed E-state index contributed by atoms with van der Waals surface area (Å²) in [6, 6.07) is 14.6. The summed E-state index contributed by atoms with van der Waals surface area (Å²) in [4.78, 5) is 34.4. The number of carboxylic acids is 1. The van der Waals surface area contributed by atoms with Gasteiger partial charge in [0.1, 0.15) is 11.3 Å². The van der Waals surface area contributed by atoms with E-state index in [4.69, 9.17) is 20.8 Å². The van der Waals surface area contributed by atoms with Gasteiger partial charge in [-0.15, -0.1) is 0 Å². The Bertz CT molecular complexity index is 1080. The van der Waals surface area contributed by atoms with Gasteiger partial charge in [0.25, 0.3) is 5.91 Å². The number of rotatable bonds is 8. The Labute approximate surface area is 170 Å². The molecule has 1 aromatic heterocycles. The number of benzene rings is 2. The summed E-state index contributed by atoms with van der Waals surface area (Å²) in [5.74, 6) is -1.73. The molecule has 0 spiro atoms. The number of fused-ring (bicyclic) bond motifs is 1. The Morgan fingerprint density at radius 2 is 1.83 bits per heavy atom. The van der Waals surface area contributed by atoms with Gasteiger partial charge in [0.2, 0.25) is 0 Å². The molecular weight excluding hydrogens is 398 g/mol. The van der Waals surface area contributed by atoms with Crippen LogP contribution in [-0.4, -0.2) is 25.0 Å². The first-order valence-corrected chi connectivity index (χ1v) is 9.17. The van der Waals surface area contributed by atoms with Crippen molar-refractivity contribution in [2.24, 2.45) is 0 Å². The zero-order valence-corrected chi connectivity index (χ0v) is 16.0. The second-order valence-corrected chi connectivity index (χ2v) is 6.81. The van der Waals surface area contributed by atoms with Crippen molar-refractivity contribution in [3.63, 3.8) is 0 Å². The number of amides is 1. The van der Waals surface area contributed by atoms with Crippen LogP contribution < -0.4 is 20.8 Å². The molecule has 0 bridgehead atoms. The van der Waals surface area contributed by atoms with Crippen LogP contribution in [0.2, 0.25) is 5.02 Å². The lowest BCUT2D eigenvalue weighted by Crippen LogP contribution is -2.35. The molecule has 0 unspecified atom stereocenters. The SMILES string of the molecule is O=C([O-])C[C@H](CNC(=O)COc1ccc2ccc(=O)oc2c1)c1ccc(Cl)cc1. The van der Waals surface area contributed by atoms with Crippen LogP contribution in [0, 0.1) is 0 Å². The third kappa shape index (κ3) is 5.83. The summed E-state index contributed by atoms with van der Waals surface area (Å²) in [6.07, 6.45) is -0.244. The predicted molar refractivity (Wildman–Crippen MR) is 105 cm³/mol. The van der Waals surface area contributed by atoms with Crippen LogP contribution in [0.1, 0.15) is 17.9 Å². The van der Waals surface area contributed by atoms with Crippen LogP contribution in [0.3, 0.4) is 0 Å². The molecule has 0 aliphatic carbocycles. The van der Waals surface area contributed by atoms with Crippen LogP contribution in [0.5, 0.6) is 5.75 Å². The zero-order chi connectivity index (χ0) is 20.8. The molecule has 0 aliphatic rings. The fraction of sp³-hybridized carbons (Fsp3) is 0.190. The molecule has 0 saturated heterocycles. The van der Waals surface area contributed by atoms with Crippen LogP contribution in [0.4, 0.5) is 0 Å². The molecule has 3 aromatic rings. The second kappa shape index (κ2) is 9.25. The topological polar surface area (TPSA) is 109 Å². The highest BCUT2D eigenvalue weighted by Gasteiger charge is 2.14. The monoisotopic (exact) mass is 414 g/mol. The van der Waals surface area contributed by atoms with E-state index in [2.05, 4.69) is 5.32 Å². The van der Waals surface area contributed by atoms with Crippen molar-refractivity contribution < 1.29 is 23.8 Å². The third-order valence-electron chi connectivity index (χ3n) is 4.26. The summed E-state index contributed by atoms with van der Waals surface area (Å²) in [5, 5.41) is 15.0. The molecule has 8 heteroatoms. The minimum absolute atomic E-state index is 0.102. The highest BCUT2D eigenvalue weighted by atomic mass is 35.5. The number of carbonyl (C=O) groups is 2. The zero-order valence-electron chi connectivity index (χ0n) is 15.2. The Kier molecular flexibility index (Phi) is 6.51. The van der Waals surface area contributed by atoms with Crippen LogP contribution in [0.25, 0.3) is 11.0 Å². The first-order chi connectivity index (χ1) is 13.9. The maximum Gasteiger partial charge on any atom is 0.336 e. The molecular formula is C21H17ClNO6-. The molecule has 3 rings (SSSR count). The molecule has 2 aromatic carbocycles. The summed E-state index contributed by atoms with van der Waals surface area (Å²) < 4.78 is 10.5. The van der Waals surface area contributed by atoms with Gasteiger partial charge in [0, 0.05) is 41.0 Å². The van der Waals surface area contributed by atoms with Gasteiger partial charge >= 0.3 is 5.63 Å². The molecule has 1 heterocycles.